The zero-order valence-corrected chi connectivity index (χ0v) is 12.6. The number of hydrogen-bond donors (Lipinski definition) is 1. The summed E-state index contributed by atoms with van der Waals surface area (Å²) < 4.78 is 2.22. The van der Waals surface area contributed by atoms with E-state index in [4.69, 9.17) is 11.6 Å². The first-order valence-electron chi connectivity index (χ1n) is 7.17. The number of aromatic hydroxyl groups is 1. The van der Waals surface area contributed by atoms with Crippen molar-refractivity contribution < 1.29 is 5.11 Å². The van der Waals surface area contributed by atoms with Gasteiger partial charge in [-0.2, -0.15) is 0 Å². The summed E-state index contributed by atoms with van der Waals surface area (Å²) in [5.74, 6) is 0.288. The van der Waals surface area contributed by atoms with E-state index in [1.807, 2.05) is 48.5 Å². The van der Waals surface area contributed by atoms with Gasteiger partial charge in [0.15, 0.2) is 0 Å². The molecular formula is C19H14ClNO. The van der Waals surface area contributed by atoms with Gasteiger partial charge in [-0.25, -0.2) is 0 Å². The molecule has 0 atom stereocenters. The van der Waals surface area contributed by atoms with E-state index in [-0.39, 0.29) is 5.75 Å². The van der Waals surface area contributed by atoms with Crippen LogP contribution in [0.5, 0.6) is 5.75 Å². The lowest BCUT2D eigenvalue weighted by molar-refractivity contribution is 0.482. The van der Waals surface area contributed by atoms with Gasteiger partial charge in [-0.3, -0.25) is 0 Å². The monoisotopic (exact) mass is 307 g/mol. The van der Waals surface area contributed by atoms with E-state index in [9.17, 15) is 5.11 Å². The van der Waals surface area contributed by atoms with Crippen molar-refractivity contribution in [2.24, 2.45) is 0 Å². The van der Waals surface area contributed by atoms with Gasteiger partial charge in [0.05, 0.1) is 5.52 Å². The van der Waals surface area contributed by atoms with Crippen LogP contribution in [0.2, 0.25) is 5.02 Å². The van der Waals surface area contributed by atoms with E-state index >= 15 is 0 Å². The predicted molar refractivity (Wildman–Crippen MR) is 91.7 cm³/mol. The Hall–Kier alpha value is -2.45. The molecule has 0 saturated carbocycles. The summed E-state index contributed by atoms with van der Waals surface area (Å²) >= 11 is 6.15. The van der Waals surface area contributed by atoms with Crippen molar-refractivity contribution in [3.8, 4) is 5.75 Å². The highest BCUT2D eigenvalue weighted by atomic mass is 35.5. The minimum absolute atomic E-state index is 0.288. The van der Waals surface area contributed by atoms with Gasteiger partial charge in [-0.1, -0.05) is 48.0 Å². The van der Waals surface area contributed by atoms with Crippen LogP contribution in [0, 0.1) is 0 Å². The minimum atomic E-state index is 0.288. The number of benzene rings is 3. The molecule has 1 aromatic heterocycles. The fraction of sp³-hybridized carbons (Fsp3) is 0.0526. The van der Waals surface area contributed by atoms with Crippen molar-refractivity contribution in [2.75, 3.05) is 0 Å². The molecule has 0 aliphatic carbocycles. The largest absolute Gasteiger partial charge is 0.507 e. The zero-order chi connectivity index (χ0) is 15.1. The molecule has 0 bridgehead atoms. The first-order chi connectivity index (χ1) is 10.7. The highest BCUT2D eigenvalue weighted by Gasteiger charge is 2.14. The van der Waals surface area contributed by atoms with Gasteiger partial charge in [0.25, 0.3) is 0 Å². The number of rotatable bonds is 2. The van der Waals surface area contributed by atoms with E-state index in [2.05, 4.69) is 16.7 Å². The second kappa shape index (κ2) is 5.08. The molecule has 108 valence electrons. The summed E-state index contributed by atoms with van der Waals surface area (Å²) in [7, 11) is 0. The Morgan fingerprint density at radius 3 is 2.50 bits per heavy atom. The third-order valence-electron chi connectivity index (χ3n) is 4.01. The van der Waals surface area contributed by atoms with E-state index in [1.54, 1.807) is 6.07 Å². The highest BCUT2D eigenvalue weighted by Crippen LogP contribution is 2.36. The second-order valence-electron chi connectivity index (χ2n) is 5.40. The smallest absolute Gasteiger partial charge is 0.125 e. The summed E-state index contributed by atoms with van der Waals surface area (Å²) in [6.45, 7) is 0.756. The minimum Gasteiger partial charge on any atom is -0.507 e. The molecule has 0 radical (unpaired) electrons. The topological polar surface area (TPSA) is 25.2 Å². The number of nitrogens with zero attached hydrogens (tertiary/aromatic N) is 1. The molecule has 0 amide bonds. The molecule has 22 heavy (non-hydrogen) atoms. The van der Waals surface area contributed by atoms with Crippen molar-refractivity contribution in [3.05, 3.63) is 77.3 Å². The van der Waals surface area contributed by atoms with Crippen LogP contribution in [0.3, 0.4) is 0 Å². The molecule has 3 heteroatoms. The Kier molecular flexibility index (Phi) is 3.05. The molecule has 3 aromatic carbocycles. The van der Waals surface area contributed by atoms with Crippen molar-refractivity contribution in [3.63, 3.8) is 0 Å². The zero-order valence-electron chi connectivity index (χ0n) is 11.8. The van der Waals surface area contributed by atoms with Crippen molar-refractivity contribution >= 4 is 33.4 Å². The van der Waals surface area contributed by atoms with Crippen molar-refractivity contribution in [2.45, 2.75) is 6.54 Å². The van der Waals surface area contributed by atoms with Crippen LogP contribution in [0.25, 0.3) is 21.8 Å². The number of hydrogen-bond acceptors (Lipinski definition) is 1. The van der Waals surface area contributed by atoms with E-state index in [1.165, 1.54) is 5.56 Å². The van der Waals surface area contributed by atoms with Crippen LogP contribution in [-0.2, 0) is 6.54 Å². The molecule has 0 aliphatic heterocycles. The third kappa shape index (κ3) is 2.04. The summed E-state index contributed by atoms with van der Waals surface area (Å²) in [6, 6.07) is 21.8. The van der Waals surface area contributed by atoms with Crippen molar-refractivity contribution in [1.29, 1.82) is 0 Å². The van der Waals surface area contributed by atoms with Crippen LogP contribution in [0.4, 0.5) is 0 Å². The van der Waals surface area contributed by atoms with Crippen LogP contribution in [-0.4, -0.2) is 9.67 Å². The highest BCUT2D eigenvalue weighted by molar-refractivity contribution is 6.32. The molecule has 1 N–H and O–H groups in total. The summed E-state index contributed by atoms with van der Waals surface area (Å²) in [6.07, 6.45) is 0. The van der Waals surface area contributed by atoms with Gasteiger partial charge in [-0.15, -0.1) is 0 Å². The number of phenols is 1. The predicted octanol–water partition coefficient (Wildman–Crippen LogP) is 5.20. The van der Waals surface area contributed by atoms with Crippen LogP contribution >= 0.6 is 11.6 Å². The maximum atomic E-state index is 10.3. The Morgan fingerprint density at radius 1 is 0.864 bits per heavy atom. The van der Waals surface area contributed by atoms with Gasteiger partial charge >= 0.3 is 0 Å². The Morgan fingerprint density at radius 2 is 1.68 bits per heavy atom. The molecule has 0 unspecified atom stereocenters. The number of fused-ring (bicyclic) bond motifs is 3. The molecule has 4 aromatic rings. The van der Waals surface area contributed by atoms with Crippen LogP contribution in [0.15, 0.2) is 66.7 Å². The Bertz CT molecular complexity index is 973. The lowest BCUT2D eigenvalue weighted by Gasteiger charge is -2.07. The maximum absolute atomic E-state index is 10.3. The van der Waals surface area contributed by atoms with Gasteiger partial charge in [0.1, 0.15) is 5.75 Å². The SMILES string of the molecule is Oc1cccc2c1c1cc(Cl)ccc1n2Cc1ccccc1. The molecule has 4 rings (SSSR count). The van der Waals surface area contributed by atoms with Gasteiger partial charge < -0.3 is 9.67 Å². The Labute approximate surface area is 133 Å². The standard InChI is InChI=1S/C19H14ClNO/c20-14-9-10-16-15(11-14)19-17(7-4-8-18(19)22)21(16)12-13-5-2-1-3-6-13/h1-11,22H,12H2. The van der Waals surface area contributed by atoms with Crippen molar-refractivity contribution in [1.82, 2.24) is 4.57 Å². The summed E-state index contributed by atoms with van der Waals surface area (Å²) in [4.78, 5) is 0. The normalized spacial score (nSPS) is 11.3. The average molecular weight is 308 g/mol. The average Bonchev–Trinajstić information content (AvgIpc) is 2.83. The first-order valence-corrected chi connectivity index (χ1v) is 7.55. The lowest BCUT2D eigenvalue weighted by atomic mass is 10.1. The van der Waals surface area contributed by atoms with E-state index in [0.717, 1.165) is 28.4 Å². The van der Waals surface area contributed by atoms with Crippen LogP contribution < -0.4 is 0 Å². The summed E-state index contributed by atoms with van der Waals surface area (Å²) in [5.41, 5.74) is 3.31. The summed E-state index contributed by atoms with van der Waals surface area (Å²) in [5, 5.41) is 12.8. The van der Waals surface area contributed by atoms with Gasteiger partial charge in [-0.05, 0) is 35.9 Å². The molecule has 0 aliphatic rings. The van der Waals surface area contributed by atoms with Crippen LogP contribution in [0.1, 0.15) is 5.56 Å². The number of aromatic nitrogens is 1. The molecule has 2 nitrogen and oxygen atoms in total. The second-order valence-corrected chi connectivity index (χ2v) is 5.84. The molecule has 1 heterocycles. The molecule has 0 saturated heterocycles. The Balaban J connectivity index is 2.05. The molecular weight excluding hydrogens is 294 g/mol. The number of phenolic OH excluding ortho intramolecular Hbond substituents is 1. The lowest BCUT2D eigenvalue weighted by Crippen LogP contribution is -1.98. The van der Waals surface area contributed by atoms with E-state index < -0.39 is 0 Å². The molecule has 0 fully saturated rings. The van der Waals surface area contributed by atoms with Gasteiger partial charge in [0, 0.05) is 27.9 Å². The third-order valence-corrected chi connectivity index (χ3v) is 4.25. The van der Waals surface area contributed by atoms with E-state index in [0.29, 0.717) is 5.02 Å². The quantitative estimate of drug-likeness (QED) is 0.541. The maximum Gasteiger partial charge on any atom is 0.125 e. The first kappa shape index (κ1) is 13.2. The van der Waals surface area contributed by atoms with Gasteiger partial charge in [0.2, 0.25) is 0 Å². The fourth-order valence-corrected chi connectivity index (χ4v) is 3.21. The fourth-order valence-electron chi connectivity index (χ4n) is 3.04. The number of halogens is 1. The molecule has 0 spiro atoms.